The number of aryl methyl sites for hydroxylation is 1. The van der Waals surface area contributed by atoms with Crippen LogP contribution >= 0.6 is 0 Å². The minimum Gasteiger partial charge on any atom is -0.325 e. The van der Waals surface area contributed by atoms with E-state index >= 15 is 4.39 Å². The summed E-state index contributed by atoms with van der Waals surface area (Å²) in [5.41, 5.74) is 8.53. The highest BCUT2D eigenvalue weighted by molar-refractivity contribution is 5.97. The molecule has 32 heavy (non-hydrogen) atoms. The number of aromatic nitrogens is 4. The summed E-state index contributed by atoms with van der Waals surface area (Å²) in [5, 5.41) is 22.6. The Hall–Kier alpha value is -4.35. The molecule has 0 aliphatic rings. The Morgan fingerprint density at radius 1 is 1.16 bits per heavy atom. The van der Waals surface area contributed by atoms with Gasteiger partial charge in [-0.3, -0.25) is 9.48 Å². The lowest BCUT2D eigenvalue weighted by Gasteiger charge is -2.12. The Kier molecular flexibility index (Phi) is 4.54. The van der Waals surface area contributed by atoms with Gasteiger partial charge in [0.1, 0.15) is 11.9 Å². The van der Waals surface area contributed by atoms with Crippen LogP contribution in [0.4, 0.5) is 4.39 Å². The first kappa shape index (κ1) is 19.6. The van der Waals surface area contributed by atoms with Crippen LogP contribution in [0.1, 0.15) is 11.3 Å². The van der Waals surface area contributed by atoms with Crippen LogP contribution in [0, 0.1) is 17.1 Å². The summed E-state index contributed by atoms with van der Waals surface area (Å²) in [6, 6.07) is 16.8. The molecule has 8 heteroatoms. The van der Waals surface area contributed by atoms with E-state index in [0.29, 0.717) is 39.0 Å². The molecule has 156 valence electrons. The van der Waals surface area contributed by atoms with Crippen molar-refractivity contribution >= 4 is 21.5 Å². The number of hydrogen-bond donors (Lipinski definition) is 2. The average molecular weight is 424 g/mol. The molecule has 0 unspecified atom stereocenters. The summed E-state index contributed by atoms with van der Waals surface area (Å²) in [6.45, 7) is 0.0410. The number of aromatic amines is 1. The molecular formula is C24H17FN6O. The van der Waals surface area contributed by atoms with Crippen molar-refractivity contribution in [2.24, 2.45) is 12.8 Å². The highest BCUT2D eigenvalue weighted by atomic mass is 19.1. The number of H-pyrrole nitrogens is 1. The van der Waals surface area contributed by atoms with E-state index in [0.717, 1.165) is 10.8 Å². The van der Waals surface area contributed by atoms with Gasteiger partial charge in [-0.1, -0.05) is 36.4 Å². The van der Waals surface area contributed by atoms with Crippen LogP contribution in [0.25, 0.3) is 43.9 Å². The molecule has 0 saturated heterocycles. The second-order valence-electron chi connectivity index (χ2n) is 7.44. The van der Waals surface area contributed by atoms with Crippen LogP contribution in [0.2, 0.25) is 0 Å². The summed E-state index contributed by atoms with van der Waals surface area (Å²) in [4.78, 5) is 12.2. The third kappa shape index (κ3) is 2.87. The summed E-state index contributed by atoms with van der Waals surface area (Å²) < 4.78 is 16.7. The van der Waals surface area contributed by atoms with Gasteiger partial charge in [-0.05, 0) is 23.1 Å². The van der Waals surface area contributed by atoms with Crippen LogP contribution in [-0.4, -0.2) is 20.0 Å². The fourth-order valence-electron chi connectivity index (χ4n) is 4.17. The molecule has 0 saturated carbocycles. The first-order valence-corrected chi connectivity index (χ1v) is 9.89. The summed E-state index contributed by atoms with van der Waals surface area (Å²) in [6.07, 6.45) is 1.62. The van der Waals surface area contributed by atoms with Gasteiger partial charge in [0.25, 0.3) is 5.56 Å². The Balaban J connectivity index is 1.82. The molecule has 0 atom stereocenters. The number of nitrogens with zero attached hydrogens (tertiary/aromatic N) is 4. The maximum Gasteiger partial charge on any atom is 0.275 e. The second kappa shape index (κ2) is 7.41. The fraction of sp³-hybridized carbons (Fsp3) is 0.0833. The predicted octanol–water partition coefficient (Wildman–Crippen LogP) is 3.61. The van der Waals surface area contributed by atoms with E-state index in [1.807, 2.05) is 36.4 Å². The van der Waals surface area contributed by atoms with Crippen molar-refractivity contribution in [1.29, 1.82) is 5.26 Å². The number of nitrogens with two attached hydrogens (primary N) is 1. The van der Waals surface area contributed by atoms with E-state index in [2.05, 4.69) is 21.4 Å². The van der Waals surface area contributed by atoms with Crippen molar-refractivity contribution in [3.8, 4) is 28.5 Å². The average Bonchev–Trinajstić information content (AvgIpc) is 3.19. The molecule has 7 nitrogen and oxygen atoms in total. The van der Waals surface area contributed by atoms with Crippen LogP contribution in [0.3, 0.4) is 0 Å². The third-order valence-corrected chi connectivity index (χ3v) is 5.66. The lowest BCUT2D eigenvalue weighted by molar-refractivity contribution is 0.638. The summed E-state index contributed by atoms with van der Waals surface area (Å²) in [7, 11) is 1.77. The van der Waals surface area contributed by atoms with E-state index in [9.17, 15) is 10.1 Å². The highest BCUT2D eigenvalue weighted by Crippen LogP contribution is 2.37. The summed E-state index contributed by atoms with van der Waals surface area (Å²) >= 11 is 0. The fourth-order valence-corrected chi connectivity index (χ4v) is 4.17. The van der Waals surface area contributed by atoms with Gasteiger partial charge >= 0.3 is 0 Å². The Labute approximate surface area is 181 Å². The van der Waals surface area contributed by atoms with Crippen molar-refractivity contribution in [2.45, 2.75) is 6.54 Å². The number of hydrogen-bond acceptors (Lipinski definition) is 5. The van der Waals surface area contributed by atoms with Gasteiger partial charge in [0.2, 0.25) is 0 Å². The van der Waals surface area contributed by atoms with Crippen LogP contribution < -0.4 is 11.3 Å². The van der Waals surface area contributed by atoms with E-state index in [-0.39, 0.29) is 11.9 Å². The molecule has 3 N–H and O–H groups in total. The largest absolute Gasteiger partial charge is 0.325 e. The topological polar surface area (TPSA) is 113 Å². The van der Waals surface area contributed by atoms with Crippen molar-refractivity contribution in [3.05, 3.63) is 82.2 Å². The van der Waals surface area contributed by atoms with Crippen molar-refractivity contribution in [3.63, 3.8) is 0 Å². The van der Waals surface area contributed by atoms with E-state index in [4.69, 9.17) is 5.73 Å². The number of nitrogens with one attached hydrogen (secondary N) is 1. The molecule has 0 spiro atoms. The van der Waals surface area contributed by atoms with Crippen LogP contribution in [0.5, 0.6) is 0 Å². The van der Waals surface area contributed by atoms with Crippen molar-refractivity contribution in [2.75, 3.05) is 0 Å². The molecule has 2 heterocycles. The SMILES string of the molecule is Cn1ncc(-c2cc(F)c3c(=O)[nH]nc(CN)c3c2)c1-c1ccc2ccccc2c1C#N. The minimum atomic E-state index is -0.676. The zero-order chi connectivity index (χ0) is 22.4. The maximum atomic E-state index is 15.0. The van der Waals surface area contributed by atoms with Gasteiger partial charge in [-0.15, -0.1) is 0 Å². The highest BCUT2D eigenvalue weighted by Gasteiger charge is 2.20. The molecule has 0 aliphatic heterocycles. The standard InChI is InChI=1S/C24H17FN6O/c1-31-23(16-7-6-13-4-2-3-5-15(13)18(16)10-26)19(12-28-31)14-8-17-21(11-27)29-30-24(32)22(17)20(25)9-14/h2-9,12H,11,27H2,1H3,(H,30,32). The van der Waals surface area contributed by atoms with E-state index in [1.165, 1.54) is 6.07 Å². The van der Waals surface area contributed by atoms with Gasteiger partial charge < -0.3 is 5.73 Å². The molecule has 0 aliphatic carbocycles. The Bertz CT molecular complexity index is 1630. The van der Waals surface area contributed by atoms with Crippen LogP contribution in [-0.2, 0) is 13.6 Å². The van der Waals surface area contributed by atoms with Gasteiger partial charge in [-0.25, -0.2) is 9.49 Å². The number of nitriles is 1. The van der Waals surface area contributed by atoms with Crippen LogP contribution in [0.15, 0.2) is 59.5 Å². The Morgan fingerprint density at radius 3 is 2.75 bits per heavy atom. The van der Waals surface area contributed by atoms with Crippen molar-refractivity contribution in [1.82, 2.24) is 20.0 Å². The predicted molar refractivity (Wildman–Crippen MR) is 120 cm³/mol. The lowest BCUT2D eigenvalue weighted by Crippen LogP contribution is -2.14. The Morgan fingerprint density at radius 2 is 1.97 bits per heavy atom. The monoisotopic (exact) mass is 424 g/mol. The molecule has 5 rings (SSSR count). The third-order valence-electron chi connectivity index (χ3n) is 5.66. The number of benzene rings is 3. The smallest absolute Gasteiger partial charge is 0.275 e. The van der Waals surface area contributed by atoms with Gasteiger partial charge in [0.15, 0.2) is 0 Å². The molecule has 0 radical (unpaired) electrons. The van der Waals surface area contributed by atoms with Gasteiger partial charge in [0.05, 0.1) is 28.5 Å². The molecule has 3 aromatic carbocycles. The quantitative estimate of drug-likeness (QED) is 0.459. The molecule has 0 bridgehead atoms. The number of halogens is 1. The molecule has 2 aromatic heterocycles. The van der Waals surface area contributed by atoms with Gasteiger partial charge in [0, 0.05) is 35.5 Å². The zero-order valence-corrected chi connectivity index (χ0v) is 17.1. The maximum absolute atomic E-state index is 15.0. The first-order valence-electron chi connectivity index (χ1n) is 9.89. The van der Waals surface area contributed by atoms with Crippen molar-refractivity contribution < 1.29 is 4.39 Å². The normalized spacial score (nSPS) is 11.2. The number of rotatable bonds is 3. The van der Waals surface area contributed by atoms with Gasteiger partial charge in [-0.2, -0.15) is 15.5 Å². The zero-order valence-electron chi connectivity index (χ0n) is 17.1. The summed E-state index contributed by atoms with van der Waals surface area (Å²) in [5.74, 6) is -0.676. The first-order chi connectivity index (χ1) is 15.5. The van der Waals surface area contributed by atoms with E-state index < -0.39 is 11.4 Å². The number of fused-ring (bicyclic) bond motifs is 2. The lowest BCUT2D eigenvalue weighted by atomic mass is 9.93. The minimum absolute atomic E-state index is 0.0410. The molecule has 0 fully saturated rings. The molecule has 0 amide bonds. The second-order valence-corrected chi connectivity index (χ2v) is 7.44. The molecule has 5 aromatic rings. The molecular weight excluding hydrogens is 407 g/mol. The van der Waals surface area contributed by atoms with E-state index in [1.54, 1.807) is 24.0 Å².